The lowest BCUT2D eigenvalue weighted by atomic mass is 10.1. The Labute approximate surface area is 194 Å². The molecule has 1 aliphatic heterocycles. The van der Waals surface area contributed by atoms with Crippen LogP contribution in [0.4, 0.5) is 0 Å². The number of nitrogens with one attached hydrogen (secondary N) is 1. The molecule has 168 valence electrons. The molecule has 2 aromatic carbocycles. The first-order chi connectivity index (χ1) is 15.7. The minimum atomic E-state index is 0.134. The number of likely N-dealkylation sites (tertiary alicyclic amines) is 1. The molecule has 0 atom stereocenters. The molecule has 0 aliphatic carbocycles. The molecule has 0 spiro atoms. The van der Waals surface area contributed by atoms with E-state index in [0.717, 1.165) is 47.5 Å². The first-order valence-corrected chi connectivity index (χ1v) is 12.4. The van der Waals surface area contributed by atoms with Crippen molar-refractivity contribution >= 4 is 17.7 Å². The Hall–Kier alpha value is -2.64. The number of aromatic nitrogens is 3. The van der Waals surface area contributed by atoms with E-state index in [1.165, 1.54) is 31.5 Å². The maximum absolute atomic E-state index is 12.2. The van der Waals surface area contributed by atoms with E-state index in [0.29, 0.717) is 6.42 Å². The fourth-order valence-corrected chi connectivity index (χ4v) is 4.80. The summed E-state index contributed by atoms with van der Waals surface area (Å²) in [5.41, 5.74) is 3.29. The van der Waals surface area contributed by atoms with E-state index in [4.69, 9.17) is 0 Å². The fraction of sp³-hybridized carbons (Fsp3) is 0.400. The highest BCUT2D eigenvalue weighted by Crippen LogP contribution is 2.28. The zero-order chi connectivity index (χ0) is 22.2. The Kier molecular flexibility index (Phi) is 7.96. The van der Waals surface area contributed by atoms with Crippen molar-refractivity contribution < 1.29 is 4.79 Å². The third-order valence-corrected chi connectivity index (χ3v) is 6.70. The molecule has 3 aromatic rings. The second-order valence-electron chi connectivity index (χ2n) is 8.19. The summed E-state index contributed by atoms with van der Waals surface area (Å²) in [6.07, 6.45) is 3.91. The third-order valence-electron chi connectivity index (χ3n) is 5.69. The van der Waals surface area contributed by atoms with Gasteiger partial charge in [0.15, 0.2) is 11.0 Å². The van der Waals surface area contributed by atoms with Crippen LogP contribution >= 0.6 is 11.8 Å². The van der Waals surface area contributed by atoms with E-state index in [1.54, 1.807) is 11.8 Å². The summed E-state index contributed by atoms with van der Waals surface area (Å²) in [6.45, 7) is 6.12. The van der Waals surface area contributed by atoms with Crippen molar-refractivity contribution in [2.24, 2.45) is 0 Å². The lowest BCUT2D eigenvalue weighted by molar-refractivity contribution is -0.121. The van der Waals surface area contributed by atoms with E-state index in [9.17, 15) is 4.79 Å². The number of rotatable bonds is 10. The average molecular weight is 450 g/mol. The molecule has 2 heterocycles. The van der Waals surface area contributed by atoms with Crippen molar-refractivity contribution in [1.29, 1.82) is 0 Å². The van der Waals surface area contributed by atoms with Crippen molar-refractivity contribution in [3.05, 3.63) is 60.2 Å². The molecule has 1 amide bonds. The van der Waals surface area contributed by atoms with Crippen LogP contribution in [0.2, 0.25) is 0 Å². The SMILES string of the molecule is Cc1ccc(-c2nnc(SCCCC(=O)NCCN3CCCC3)n2-c2ccccc2)cc1. The molecule has 0 saturated carbocycles. The van der Waals surface area contributed by atoms with Gasteiger partial charge in [-0.25, -0.2) is 0 Å². The van der Waals surface area contributed by atoms with Gasteiger partial charge in [0, 0.05) is 36.5 Å². The van der Waals surface area contributed by atoms with Crippen molar-refractivity contribution in [3.63, 3.8) is 0 Å². The minimum absolute atomic E-state index is 0.134. The van der Waals surface area contributed by atoms with E-state index in [2.05, 4.69) is 68.3 Å². The smallest absolute Gasteiger partial charge is 0.220 e. The van der Waals surface area contributed by atoms with E-state index in [1.807, 2.05) is 18.2 Å². The zero-order valence-electron chi connectivity index (χ0n) is 18.7. The molecule has 1 N–H and O–H groups in total. The Morgan fingerprint density at radius 3 is 2.53 bits per heavy atom. The Bertz CT molecular complexity index is 997. The van der Waals surface area contributed by atoms with Crippen molar-refractivity contribution in [2.45, 2.75) is 37.8 Å². The number of hydrogen-bond acceptors (Lipinski definition) is 5. The molecule has 7 heteroatoms. The first-order valence-electron chi connectivity index (χ1n) is 11.4. The average Bonchev–Trinajstić information content (AvgIpc) is 3.48. The second kappa shape index (κ2) is 11.3. The fourth-order valence-electron chi connectivity index (χ4n) is 3.91. The van der Waals surface area contributed by atoms with Gasteiger partial charge in [0.25, 0.3) is 0 Å². The Morgan fingerprint density at radius 1 is 1.03 bits per heavy atom. The zero-order valence-corrected chi connectivity index (χ0v) is 19.5. The van der Waals surface area contributed by atoms with Crippen LogP contribution in [0, 0.1) is 6.92 Å². The molecule has 1 saturated heterocycles. The van der Waals surface area contributed by atoms with Crippen LogP contribution in [0.3, 0.4) is 0 Å². The number of para-hydroxylation sites is 1. The lowest BCUT2D eigenvalue weighted by Gasteiger charge is -2.14. The highest BCUT2D eigenvalue weighted by atomic mass is 32.2. The Morgan fingerprint density at radius 2 is 1.78 bits per heavy atom. The lowest BCUT2D eigenvalue weighted by Crippen LogP contribution is -2.33. The van der Waals surface area contributed by atoms with Crippen LogP contribution < -0.4 is 5.32 Å². The van der Waals surface area contributed by atoms with Crippen LogP contribution in [0.25, 0.3) is 17.1 Å². The van der Waals surface area contributed by atoms with Gasteiger partial charge < -0.3 is 10.2 Å². The molecule has 1 aromatic heterocycles. The van der Waals surface area contributed by atoms with Gasteiger partial charge in [-0.15, -0.1) is 10.2 Å². The van der Waals surface area contributed by atoms with E-state index >= 15 is 0 Å². The normalized spacial score (nSPS) is 14.0. The topological polar surface area (TPSA) is 63.1 Å². The number of benzene rings is 2. The number of thioether (sulfide) groups is 1. The number of aryl methyl sites for hydroxylation is 1. The van der Waals surface area contributed by atoms with Crippen molar-refractivity contribution in [2.75, 3.05) is 31.9 Å². The van der Waals surface area contributed by atoms with Gasteiger partial charge in [-0.1, -0.05) is 59.8 Å². The molecule has 6 nitrogen and oxygen atoms in total. The quantitative estimate of drug-likeness (QED) is 0.369. The summed E-state index contributed by atoms with van der Waals surface area (Å²) >= 11 is 1.65. The number of amides is 1. The molecule has 0 unspecified atom stereocenters. The number of carbonyl (C=O) groups is 1. The predicted octanol–water partition coefficient (Wildman–Crippen LogP) is 4.33. The summed E-state index contributed by atoms with van der Waals surface area (Å²) in [5, 5.41) is 12.9. The summed E-state index contributed by atoms with van der Waals surface area (Å²) < 4.78 is 2.10. The summed E-state index contributed by atoms with van der Waals surface area (Å²) in [6, 6.07) is 18.5. The molecular weight excluding hydrogens is 418 g/mol. The standard InChI is InChI=1S/C25H31N5OS/c1-20-11-13-21(14-12-20)24-27-28-25(30(24)22-8-3-2-4-9-22)32-19-7-10-23(31)26-15-18-29-16-5-6-17-29/h2-4,8-9,11-14H,5-7,10,15-19H2,1H3,(H,26,31). The predicted molar refractivity (Wildman–Crippen MR) is 130 cm³/mol. The third kappa shape index (κ3) is 5.99. The number of carbonyl (C=O) groups excluding carboxylic acids is 1. The van der Waals surface area contributed by atoms with Crippen molar-refractivity contribution in [3.8, 4) is 17.1 Å². The minimum Gasteiger partial charge on any atom is -0.355 e. The van der Waals surface area contributed by atoms with Crippen LogP contribution in [-0.4, -0.2) is 57.5 Å². The van der Waals surface area contributed by atoms with Gasteiger partial charge in [0.1, 0.15) is 0 Å². The van der Waals surface area contributed by atoms with Crippen LogP contribution in [0.15, 0.2) is 59.8 Å². The molecule has 0 bridgehead atoms. The van der Waals surface area contributed by atoms with Gasteiger partial charge in [-0.2, -0.15) is 0 Å². The highest BCUT2D eigenvalue weighted by molar-refractivity contribution is 7.99. The molecule has 32 heavy (non-hydrogen) atoms. The van der Waals surface area contributed by atoms with Gasteiger partial charge >= 0.3 is 0 Å². The maximum Gasteiger partial charge on any atom is 0.220 e. The number of nitrogens with zero attached hydrogens (tertiary/aromatic N) is 4. The summed E-state index contributed by atoms with van der Waals surface area (Å²) in [4.78, 5) is 14.6. The van der Waals surface area contributed by atoms with Gasteiger partial charge in [0.2, 0.25) is 5.91 Å². The van der Waals surface area contributed by atoms with Crippen LogP contribution in [-0.2, 0) is 4.79 Å². The van der Waals surface area contributed by atoms with Crippen LogP contribution in [0.5, 0.6) is 0 Å². The highest BCUT2D eigenvalue weighted by Gasteiger charge is 2.16. The summed E-state index contributed by atoms with van der Waals surface area (Å²) in [7, 11) is 0. The van der Waals surface area contributed by atoms with Crippen LogP contribution in [0.1, 0.15) is 31.2 Å². The monoisotopic (exact) mass is 449 g/mol. The molecular formula is C25H31N5OS. The molecule has 0 radical (unpaired) electrons. The largest absolute Gasteiger partial charge is 0.355 e. The maximum atomic E-state index is 12.2. The molecule has 1 aliphatic rings. The second-order valence-corrected chi connectivity index (χ2v) is 9.26. The van der Waals surface area contributed by atoms with Gasteiger partial charge in [-0.3, -0.25) is 9.36 Å². The summed E-state index contributed by atoms with van der Waals surface area (Å²) in [5.74, 6) is 1.78. The molecule has 1 fully saturated rings. The first kappa shape index (κ1) is 22.6. The van der Waals surface area contributed by atoms with E-state index in [-0.39, 0.29) is 5.91 Å². The van der Waals surface area contributed by atoms with E-state index < -0.39 is 0 Å². The van der Waals surface area contributed by atoms with Gasteiger partial charge in [0.05, 0.1) is 0 Å². The number of hydrogen-bond donors (Lipinski definition) is 1. The molecule has 4 rings (SSSR count). The van der Waals surface area contributed by atoms with Gasteiger partial charge in [-0.05, 0) is 51.4 Å². The van der Waals surface area contributed by atoms with Crippen molar-refractivity contribution in [1.82, 2.24) is 25.0 Å². The Balaban J connectivity index is 1.34.